The lowest BCUT2D eigenvalue weighted by Crippen LogP contribution is -2.57. The monoisotopic (exact) mass is 548 g/mol. The van der Waals surface area contributed by atoms with Crippen LogP contribution >= 0.6 is 0 Å². The highest BCUT2D eigenvalue weighted by molar-refractivity contribution is 5.94. The van der Waals surface area contributed by atoms with Crippen LogP contribution in [-0.4, -0.2) is 108 Å². The van der Waals surface area contributed by atoms with E-state index in [0.717, 1.165) is 30.1 Å². The normalized spacial score (nSPS) is 23.6. The summed E-state index contributed by atoms with van der Waals surface area (Å²) in [5.41, 5.74) is 2.77. The summed E-state index contributed by atoms with van der Waals surface area (Å²) in [5.74, 6) is 0.911. The number of amides is 1. The zero-order valence-corrected chi connectivity index (χ0v) is 24.2. The fourth-order valence-electron chi connectivity index (χ4n) is 6.26. The fraction of sp³-hybridized carbons (Fsp3) is 0.562. The van der Waals surface area contributed by atoms with Crippen molar-refractivity contribution in [3.8, 4) is 5.75 Å². The van der Waals surface area contributed by atoms with Crippen molar-refractivity contribution in [1.29, 1.82) is 0 Å². The first-order chi connectivity index (χ1) is 19.3. The van der Waals surface area contributed by atoms with Gasteiger partial charge in [0.25, 0.3) is 5.91 Å². The van der Waals surface area contributed by atoms with Gasteiger partial charge in [0, 0.05) is 63.5 Å². The van der Waals surface area contributed by atoms with Crippen LogP contribution in [0, 0.1) is 5.92 Å². The molecule has 2 aromatic carbocycles. The van der Waals surface area contributed by atoms with E-state index in [1.54, 1.807) is 6.07 Å². The Bertz CT molecular complexity index is 1180. The molecule has 2 aliphatic heterocycles. The standard InChI is InChI=1S/C32H44N4O4/c1-4-40-30(38)22-33-13-15-34(16-14-33)32(39)28-9-5-7-26(17-28)31(27-8-6-10-29(37)18-27)36-20-23(2)35(19-24(36)3)21-25-11-12-25/h5-10,17-18,23-25,31,37H,4,11-16,19-22H2,1-3H3/t23-,24-,31?/m1/s1. The predicted octanol–water partition coefficient (Wildman–Crippen LogP) is 3.61. The summed E-state index contributed by atoms with van der Waals surface area (Å²) < 4.78 is 5.07. The molecule has 2 aromatic rings. The van der Waals surface area contributed by atoms with E-state index in [9.17, 15) is 14.7 Å². The second-order valence-electron chi connectivity index (χ2n) is 11.8. The largest absolute Gasteiger partial charge is 0.508 e. The van der Waals surface area contributed by atoms with Crippen LogP contribution in [0.3, 0.4) is 0 Å². The van der Waals surface area contributed by atoms with Crippen LogP contribution < -0.4 is 0 Å². The molecule has 1 saturated carbocycles. The van der Waals surface area contributed by atoms with E-state index in [1.807, 2.05) is 47.1 Å². The highest BCUT2D eigenvalue weighted by atomic mass is 16.5. The Balaban J connectivity index is 1.34. The first-order valence-corrected chi connectivity index (χ1v) is 14.9. The van der Waals surface area contributed by atoms with Crippen molar-refractivity contribution in [2.75, 3.05) is 59.0 Å². The summed E-state index contributed by atoms with van der Waals surface area (Å²) in [4.78, 5) is 34.6. The second-order valence-corrected chi connectivity index (χ2v) is 11.8. The third-order valence-corrected chi connectivity index (χ3v) is 8.64. The molecule has 1 unspecified atom stereocenters. The van der Waals surface area contributed by atoms with Crippen LogP contribution in [0.2, 0.25) is 0 Å². The zero-order chi connectivity index (χ0) is 28.2. The van der Waals surface area contributed by atoms with Crippen molar-refractivity contribution in [2.24, 2.45) is 5.92 Å². The first-order valence-electron chi connectivity index (χ1n) is 14.9. The molecule has 216 valence electrons. The minimum atomic E-state index is -0.218. The summed E-state index contributed by atoms with van der Waals surface area (Å²) in [7, 11) is 0. The van der Waals surface area contributed by atoms with Crippen LogP contribution in [0.15, 0.2) is 48.5 Å². The van der Waals surface area contributed by atoms with Crippen molar-refractivity contribution in [3.63, 3.8) is 0 Å². The van der Waals surface area contributed by atoms with Crippen LogP contribution in [-0.2, 0) is 9.53 Å². The SMILES string of the molecule is CCOC(=O)CN1CCN(C(=O)c2cccc(C(c3cccc(O)c3)N3C[C@@H](C)N(CC4CC4)C[C@H]3C)c2)CC1. The van der Waals surface area contributed by atoms with Crippen molar-refractivity contribution in [1.82, 2.24) is 19.6 Å². The van der Waals surface area contributed by atoms with Crippen LogP contribution in [0.1, 0.15) is 61.1 Å². The average molecular weight is 549 g/mol. The molecule has 1 N–H and O–H groups in total. The van der Waals surface area contributed by atoms with E-state index in [4.69, 9.17) is 4.74 Å². The van der Waals surface area contributed by atoms with Gasteiger partial charge in [-0.05, 0) is 74.9 Å². The molecule has 0 spiro atoms. The number of hydrogen-bond donors (Lipinski definition) is 1. The summed E-state index contributed by atoms with van der Waals surface area (Å²) in [5, 5.41) is 10.4. The number of ether oxygens (including phenoxy) is 1. The number of phenols is 1. The average Bonchev–Trinajstić information content (AvgIpc) is 3.76. The molecule has 3 atom stereocenters. The van der Waals surface area contributed by atoms with E-state index >= 15 is 0 Å². The van der Waals surface area contributed by atoms with Gasteiger partial charge in [-0.3, -0.25) is 24.3 Å². The topological polar surface area (TPSA) is 76.6 Å². The lowest BCUT2D eigenvalue weighted by molar-refractivity contribution is -0.144. The van der Waals surface area contributed by atoms with E-state index in [1.165, 1.54) is 19.4 Å². The number of esters is 1. The van der Waals surface area contributed by atoms with Crippen molar-refractivity contribution in [3.05, 3.63) is 65.2 Å². The molecule has 8 heteroatoms. The molecule has 1 amide bonds. The summed E-state index contributed by atoms with van der Waals surface area (Å²) in [6, 6.07) is 16.3. The molecule has 8 nitrogen and oxygen atoms in total. The van der Waals surface area contributed by atoms with Gasteiger partial charge < -0.3 is 14.7 Å². The molecule has 0 aromatic heterocycles. The van der Waals surface area contributed by atoms with E-state index in [0.29, 0.717) is 50.4 Å². The van der Waals surface area contributed by atoms with Gasteiger partial charge in [0.05, 0.1) is 19.2 Å². The molecular weight excluding hydrogens is 504 g/mol. The van der Waals surface area contributed by atoms with Gasteiger partial charge in [0.1, 0.15) is 5.75 Å². The lowest BCUT2D eigenvalue weighted by atomic mass is 9.92. The van der Waals surface area contributed by atoms with Crippen LogP contribution in [0.4, 0.5) is 0 Å². The maximum Gasteiger partial charge on any atom is 0.320 e. The Morgan fingerprint density at radius 2 is 1.65 bits per heavy atom. The smallest absolute Gasteiger partial charge is 0.320 e. The zero-order valence-electron chi connectivity index (χ0n) is 24.2. The minimum Gasteiger partial charge on any atom is -0.508 e. The van der Waals surface area contributed by atoms with Gasteiger partial charge in [0.15, 0.2) is 0 Å². The van der Waals surface area contributed by atoms with Gasteiger partial charge in [-0.1, -0.05) is 24.3 Å². The molecule has 40 heavy (non-hydrogen) atoms. The number of carbonyl (C=O) groups excluding carboxylic acids is 2. The Labute approximate surface area is 238 Å². The van der Waals surface area contributed by atoms with Crippen LogP contribution in [0.5, 0.6) is 5.75 Å². The number of phenolic OH excluding ortho intramolecular Hbond substituents is 1. The molecule has 2 heterocycles. The lowest BCUT2D eigenvalue weighted by Gasteiger charge is -2.48. The third-order valence-electron chi connectivity index (χ3n) is 8.64. The molecular formula is C32H44N4O4. The Kier molecular flexibility index (Phi) is 9.08. The molecule has 5 rings (SSSR count). The predicted molar refractivity (Wildman–Crippen MR) is 155 cm³/mol. The van der Waals surface area contributed by atoms with E-state index in [2.05, 4.69) is 35.8 Å². The Hall–Kier alpha value is -2.94. The number of nitrogens with zero attached hydrogens (tertiary/aromatic N) is 4. The van der Waals surface area contributed by atoms with Crippen molar-refractivity contribution in [2.45, 2.75) is 51.7 Å². The molecule has 3 aliphatic rings. The number of benzene rings is 2. The number of piperazine rings is 2. The van der Waals surface area contributed by atoms with E-state index < -0.39 is 0 Å². The highest BCUT2D eigenvalue weighted by Crippen LogP contribution is 2.37. The fourth-order valence-corrected chi connectivity index (χ4v) is 6.26. The number of hydrogen-bond acceptors (Lipinski definition) is 7. The quantitative estimate of drug-likeness (QED) is 0.480. The summed E-state index contributed by atoms with van der Waals surface area (Å²) in [6.45, 7) is 12.7. The summed E-state index contributed by atoms with van der Waals surface area (Å²) in [6.07, 6.45) is 2.71. The number of aromatic hydroxyl groups is 1. The van der Waals surface area contributed by atoms with E-state index in [-0.39, 0.29) is 30.2 Å². The van der Waals surface area contributed by atoms with Gasteiger partial charge in [-0.2, -0.15) is 0 Å². The maximum absolute atomic E-state index is 13.6. The molecule has 2 saturated heterocycles. The third kappa shape index (κ3) is 6.85. The number of rotatable bonds is 9. The Morgan fingerprint density at radius 3 is 2.33 bits per heavy atom. The minimum absolute atomic E-state index is 0.0166. The van der Waals surface area contributed by atoms with Crippen molar-refractivity contribution >= 4 is 11.9 Å². The van der Waals surface area contributed by atoms with Gasteiger partial charge in [0.2, 0.25) is 0 Å². The second kappa shape index (κ2) is 12.7. The molecule has 0 bridgehead atoms. The molecule has 1 aliphatic carbocycles. The molecule has 3 fully saturated rings. The van der Waals surface area contributed by atoms with Gasteiger partial charge in [-0.15, -0.1) is 0 Å². The summed E-state index contributed by atoms with van der Waals surface area (Å²) >= 11 is 0. The number of carbonyl (C=O) groups is 2. The van der Waals surface area contributed by atoms with Gasteiger partial charge >= 0.3 is 5.97 Å². The van der Waals surface area contributed by atoms with Crippen LogP contribution in [0.25, 0.3) is 0 Å². The molecule has 0 radical (unpaired) electrons. The van der Waals surface area contributed by atoms with Gasteiger partial charge in [-0.25, -0.2) is 0 Å². The highest BCUT2D eigenvalue weighted by Gasteiger charge is 2.37. The first kappa shape index (κ1) is 28.6. The van der Waals surface area contributed by atoms with Crippen molar-refractivity contribution < 1.29 is 19.4 Å². The maximum atomic E-state index is 13.6. The Morgan fingerprint density at radius 1 is 0.950 bits per heavy atom.